The van der Waals surface area contributed by atoms with E-state index in [2.05, 4.69) is 90.4 Å². The van der Waals surface area contributed by atoms with E-state index in [0.29, 0.717) is 5.92 Å². The zero-order valence-electron chi connectivity index (χ0n) is 38.8. The lowest BCUT2D eigenvalue weighted by Crippen LogP contribution is -2.23. The second-order valence-electron chi connectivity index (χ2n) is 15.9. The van der Waals surface area contributed by atoms with Crippen LogP contribution in [0.1, 0.15) is 31.7 Å². The SMILES string of the molecule is C/C=C\C=C/C1=C(C)OC2C(C3=CC=C(c4nc5ccccc5s4)CC3)=CC=CC12.c1ccc(Nc2ccccc2)cc1.c1ccc(Nc2ccccc2)cc1.c1ccccc1.c1ccccc1. The molecule has 68 heavy (non-hydrogen) atoms. The van der Waals surface area contributed by atoms with Crippen molar-refractivity contribution in [3.8, 4) is 0 Å². The molecule has 2 heterocycles. The summed E-state index contributed by atoms with van der Waals surface area (Å²) in [7, 11) is 0. The van der Waals surface area contributed by atoms with E-state index in [4.69, 9.17) is 9.72 Å². The molecule has 5 heteroatoms. The Hall–Kier alpha value is -7.99. The van der Waals surface area contributed by atoms with Gasteiger partial charge in [-0.25, -0.2) is 4.98 Å². The Morgan fingerprint density at radius 3 is 1.38 bits per heavy atom. The fourth-order valence-electron chi connectivity index (χ4n) is 7.61. The lowest BCUT2D eigenvalue weighted by atomic mass is 9.81. The standard InChI is InChI=1S/C27H25NOS.2C12H11N.2C6H6/c1-3-4-5-9-21-18(2)29-26-22(10-8-11-23(21)26)19-14-16-20(17-15-19)27-28-24-12-6-7-13-25(24)30-27;2*1-3-7-11(8-4-1)13-12-9-5-2-6-10-12;2*1-2-4-6-5-3-1/h3-14,16,23,26H,15,17H2,1-2H3;2*1-10,13H;2*1-6H/b4-3-,9-5-;;;;. The molecule has 1 aromatic heterocycles. The second kappa shape index (κ2) is 26.8. The number of rotatable bonds is 8. The topological polar surface area (TPSA) is 46.2 Å². The highest BCUT2D eigenvalue weighted by Gasteiger charge is 2.37. The third kappa shape index (κ3) is 15.0. The number of nitrogens with zero attached hydrogens (tertiary/aromatic N) is 1. The van der Waals surface area contributed by atoms with Crippen molar-refractivity contribution in [1.29, 1.82) is 0 Å². The van der Waals surface area contributed by atoms with Crippen molar-refractivity contribution in [3.05, 3.63) is 301 Å². The van der Waals surface area contributed by atoms with E-state index in [0.717, 1.165) is 51.9 Å². The van der Waals surface area contributed by atoms with Crippen LogP contribution in [0.2, 0.25) is 0 Å². The molecule has 0 saturated carbocycles. The molecular weight excluding hydrogens is 847 g/mol. The number of allylic oxidation sites excluding steroid dienone is 10. The van der Waals surface area contributed by atoms with Gasteiger partial charge in [0.25, 0.3) is 0 Å². The number of benzene rings is 7. The largest absolute Gasteiger partial charge is 0.489 e. The average Bonchev–Trinajstić information content (AvgIpc) is 4.00. The van der Waals surface area contributed by atoms with Gasteiger partial charge in [-0.3, -0.25) is 0 Å². The summed E-state index contributed by atoms with van der Waals surface area (Å²) in [5.41, 5.74) is 10.9. The third-order valence-corrected chi connectivity index (χ3v) is 12.1. The molecule has 0 radical (unpaired) electrons. The number of fused-ring (bicyclic) bond motifs is 2. The second-order valence-corrected chi connectivity index (χ2v) is 16.9. The summed E-state index contributed by atoms with van der Waals surface area (Å²) in [5.74, 6) is 1.33. The van der Waals surface area contributed by atoms with Gasteiger partial charge in [0.1, 0.15) is 11.1 Å². The number of aromatic nitrogens is 1. The number of nitrogens with one attached hydrogen (secondary N) is 2. The molecule has 2 N–H and O–H groups in total. The Labute approximate surface area is 407 Å². The summed E-state index contributed by atoms with van der Waals surface area (Å²) in [4.78, 5) is 4.83. The molecule has 2 atom stereocenters. The van der Waals surface area contributed by atoms with Crippen LogP contribution in [0.15, 0.2) is 296 Å². The first-order valence-corrected chi connectivity index (χ1v) is 24.0. The molecular formula is C63H59N3OS. The normalized spacial score (nSPS) is 15.5. The monoisotopic (exact) mass is 905 g/mol. The van der Waals surface area contributed by atoms with E-state index in [1.807, 2.05) is 207 Å². The first kappa shape index (κ1) is 48.0. The van der Waals surface area contributed by atoms with E-state index in [1.54, 1.807) is 11.3 Å². The molecule has 338 valence electrons. The number of anilines is 4. The maximum atomic E-state index is 6.34. The van der Waals surface area contributed by atoms with Crippen LogP contribution in [0.25, 0.3) is 15.8 Å². The Balaban J connectivity index is 0.000000148. The van der Waals surface area contributed by atoms with Crippen molar-refractivity contribution in [2.45, 2.75) is 32.8 Å². The first-order valence-electron chi connectivity index (χ1n) is 23.2. The van der Waals surface area contributed by atoms with Crippen molar-refractivity contribution in [2.24, 2.45) is 5.92 Å². The van der Waals surface area contributed by atoms with Gasteiger partial charge in [-0.05, 0) is 104 Å². The van der Waals surface area contributed by atoms with Crippen molar-refractivity contribution >= 4 is 49.9 Å². The van der Waals surface area contributed by atoms with Crippen LogP contribution in [0, 0.1) is 5.92 Å². The van der Waals surface area contributed by atoms with Crippen molar-refractivity contribution in [1.82, 2.24) is 4.98 Å². The molecule has 4 nitrogen and oxygen atoms in total. The van der Waals surface area contributed by atoms with Crippen molar-refractivity contribution in [2.75, 3.05) is 10.6 Å². The Morgan fingerprint density at radius 2 is 0.941 bits per heavy atom. The van der Waals surface area contributed by atoms with Gasteiger partial charge in [0.15, 0.2) is 0 Å². The number of thiazole rings is 1. The summed E-state index contributed by atoms with van der Waals surface area (Å²) in [5, 5.41) is 7.75. The van der Waals surface area contributed by atoms with Crippen LogP contribution in [0.3, 0.4) is 0 Å². The molecule has 2 aliphatic carbocycles. The fraction of sp³-hybridized carbons (Fsp3) is 0.0952. The predicted molar refractivity (Wildman–Crippen MR) is 292 cm³/mol. The summed E-state index contributed by atoms with van der Waals surface area (Å²) in [6.45, 7) is 4.12. The molecule has 3 aliphatic rings. The maximum Gasteiger partial charge on any atom is 0.134 e. The van der Waals surface area contributed by atoms with E-state index in [-0.39, 0.29) is 6.10 Å². The van der Waals surface area contributed by atoms with Crippen LogP contribution in [-0.4, -0.2) is 11.1 Å². The van der Waals surface area contributed by atoms with Crippen LogP contribution in [0.5, 0.6) is 0 Å². The lowest BCUT2D eigenvalue weighted by Gasteiger charge is -2.27. The van der Waals surface area contributed by atoms with Gasteiger partial charge in [0.05, 0.1) is 16.0 Å². The van der Waals surface area contributed by atoms with Crippen LogP contribution in [-0.2, 0) is 4.74 Å². The maximum absolute atomic E-state index is 6.34. The molecule has 0 saturated heterocycles. The van der Waals surface area contributed by atoms with E-state index >= 15 is 0 Å². The number of para-hydroxylation sites is 5. The molecule has 0 fully saturated rings. The molecule has 2 unspecified atom stereocenters. The average molecular weight is 906 g/mol. The van der Waals surface area contributed by atoms with E-state index in [1.165, 1.54) is 27.0 Å². The summed E-state index contributed by atoms with van der Waals surface area (Å²) < 4.78 is 7.59. The van der Waals surface area contributed by atoms with Gasteiger partial charge in [-0.1, -0.05) is 212 Å². The summed E-state index contributed by atoms with van der Waals surface area (Å²) in [6.07, 6.45) is 21.8. The van der Waals surface area contributed by atoms with Gasteiger partial charge in [0.2, 0.25) is 0 Å². The summed E-state index contributed by atoms with van der Waals surface area (Å²) >= 11 is 1.79. The molecule has 0 bridgehead atoms. The summed E-state index contributed by atoms with van der Waals surface area (Å²) in [6, 6.07) is 73.0. The fourth-order valence-corrected chi connectivity index (χ4v) is 8.63. The van der Waals surface area contributed by atoms with E-state index < -0.39 is 0 Å². The van der Waals surface area contributed by atoms with Crippen molar-refractivity contribution in [3.63, 3.8) is 0 Å². The van der Waals surface area contributed by atoms with E-state index in [9.17, 15) is 0 Å². The molecule has 0 spiro atoms. The highest BCUT2D eigenvalue weighted by Crippen LogP contribution is 2.43. The Bertz CT molecular complexity index is 2650. The molecule has 7 aromatic carbocycles. The molecule has 0 amide bonds. The minimum absolute atomic E-state index is 0.0870. The minimum Gasteiger partial charge on any atom is -0.489 e. The molecule has 8 aromatic rings. The quantitative estimate of drug-likeness (QED) is 0.149. The van der Waals surface area contributed by atoms with Gasteiger partial charge in [-0.2, -0.15) is 0 Å². The van der Waals surface area contributed by atoms with Crippen molar-refractivity contribution < 1.29 is 4.74 Å². The highest BCUT2D eigenvalue weighted by atomic mass is 32.1. The zero-order chi connectivity index (χ0) is 46.9. The van der Waals surface area contributed by atoms with Crippen LogP contribution < -0.4 is 10.6 Å². The van der Waals surface area contributed by atoms with Crippen LogP contribution in [0.4, 0.5) is 22.7 Å². The smallest absolute Gasteiger partial charge is 0.134 e. The highest BCUT2D eigenvalue weighted by molar-refractivity contribution is 7.19. The zero-order valence-corrected chi connectivity index (χ0v) is 39.6. The lowest BCUT2D eigenvalue weighted by molar-refractivity contribution is 0.157. The Morgan fingerprint density at radius 1 is 0.515 bits per heavy atom. The van der Waals surface area contributed by atoms with Gasteiger partial charge in [0, 0.05) is 34.2 Å². The number of hydrogen-bond donors (Lipinski definition) is 2. The third-order valence-electron chi connectivity index (χ3n) is 11.0. The number of hydrogen-bond acceptors (Lipinski definition) is 5. The van der Waals surface area contributed by atoms with Gasteiger partial charge >= 0.3 is 0 Å². The van der Waals surface area contributed by atoms with Gasteiger partial charge < -0.3 is 15.4 Å². The minimum atomic E-state index is 0.0870. The van der Waals surface area contributed by atoms with Crippen LogP contribution >= 0.6 is 11.3 Å². The number of ether oxygens (including phenoxy) is 1. The Kier molecular flexibility index (Phi) is 18.9. The first-order chi connectivity index (χ1) is 33.6. The predicted octanol–water partition coefficient (Wildman–Crippen LogP) is 17.6. The molecule has 11 rings (SSSR count). The molecule has 1 aliphatic heterocycles. The van der Waals surface area contributed by atoms with Gasteiger partial charge in [-0.15, -0.1) is 11.3 Å².